The predicted molar refractivity (Wildman–Crippen MR) is 152 cm³/mol. The van der Waals surface area contributed by atoms with Crippen molar-refractivity contribution in [2.45, 2.75) is 75.3 Å². The molecule has 0 aliphatic carbocycles. The number of carbonyl (C=O) groups is 2. The third-order valence-corrected chi connectivity index (χ3v) is 9.94. The van der Waals surface area contributed by atoms with Crippen LogP contribution in [0.4, 0.5) is 10.8 Å². The number of anilines is 2. The Morgan fingerprint density at radius 1 is 1.03 bits per heavy atom. The number of hydrogen-bond acceptors (Lipinski definition) is 7. The van der Waals surface area contributed by atoms with E-state index in [1.54, 1.807) is 31.2 Å². The molecule has 3 aromatic rings. The SMILES string of the molecule is CCCCCCC(Nc1ccccc1CCc1ccc(C(=O)O)cc1)S(=O)(=O)c1sc(NC(C)=O)nc1C. The van der Waals surface area contributed by atoms with Crippen molar-refractivity contribution in [1.29, 1.82) is 0 Å². The molecule has 1 unspecified atom stereocenters. The maximum atomic E-state index is 13.8. The maximum absolute atomic E-state index is 13.8. The number of benzene rings is 2. The molecule has 0 saturated carbocycles. The standard InChI is InChI=1S/C28H35N3O5S2/c1-4-5-6-7-12-25(38(35,36)27-19(2)29-28(37-27)30-20(3)32)31-24-11-9-8-10-22(24)16-13-21-14-17-23(18-15-21)26(33)34/h8-11,14-15,17-18,25,31H,4-7,12-13,16H2,1-3H3,(H,33,34)(H,29,30,32). The first-order chi connectivity index (χ1) is 18.1. The van der Waals surface area contributed by atoms with Gasteiger partial charge in [-0.1, -0.05) is 74.3 Å². The second kappa shape index (κ2) is 13.5. The van der Waals surface area contributed by atoms with E-state index in [1.807, 2.05) is 24.3 Å². The van der Waals surface area contributed by atoms with Crippen LogP contribution in [0.1, 0.15) is 73.1 Å². The monoisotopic (exact) mass is 557 g/mol. The Bertz CT molecular complexity index is 1350. The minimum absolute atomic E-state index is 0.158. The fraction of sp³-hybridized carbons (Fsp3) is 0.393. The Kier molecular flexibility index (Phi) is 10.4. The number of aromatic nitrogens is 1. The third kappa shape index (κ3) is 7.88. The number of amides is 1. The molecular formula is C28H35N3O5S2. The van der Waals surface area contributed by atoms with Crippen LogP contribution in [0.5, 0.6) is 0 Å². The minimum atomic E-state index is -3.79. The largest absolute Gasteiger partial charge is 0.478 e. The Labute approximate surface area is 228 Å². The molecule has 1 atom stereocenters. The number of carboxylic acid groups (broad SMARTS) is 1. The van der Waals surface area contributed by atoms with Gasteiger partial charge in [0.25, 0.3) is 0 Å². The fourth-order valence-corrected chi connectivity index (χ4v) is 7.46. The summed E-state index contributed by atoms with van der Waals surface area (Å²) in [6, 6.07) is 14.5. The summed E-state index contributed by atoms with van der Waals surface area (Å²) in [7, 11) is -3.79. The first kappa shape index (κ1) is 29.3. The van der Waals surface area contributed by atoms with Gasteiger partial charge in [0, 0.05) is 12.6 Å². The average Bonchev–Trinajstić information content (AvgIpc) is 3.25. The number of nitrogens with one attached hydrogen (secondary N) is 2. The van der Waals surface area contributed by atoms with E-state index in [-0.39, 0.29) is 20.8 Å². The van der Waals surface area contributed by atoms with Crippen LogP contribution in [0.2, 0.25) is 0 Å². The van der Waals surface area contributed by atoms with Crippen molar-refractivity contribution < 1.29 is 23.1 Å². The Balaban J connectivity index is 1.84. The Morgan fingerprint density at radius 3 is 2.39 bits per heavy atom. The smallest absolute Gasteiger partial charge is 0.335 e. The number of hydrogen-bond donors (Lipinski definition) is 3. The number of para-hydroxylation sites is 1. The van der Waals surface area contributed by atoms with Gasteiger partial charge in [0.05, 0.1) is 11.3 Å². The number of nitrogens with zero attached hydrogens (tertiary/aromatic N) is 1. The highest BCUT2D eigenvalue weighted by molar-refractivity contribution is 7.94. The van der Waals surface area contributed by atoms with Gasteiger partial charge >= 0.3 is 5.97 Å². The van der Waals surface area contributed by atoms with Crippen molar-refractivity contribution in [3.05, 3.63) is 70.9 Å². The number of rotatable bonds is 14. The van der Waals surface area contributed by atoms with Gasteiger partial charge < -0.3 is 15.7 Å². The zero-order valence-electron chi connectivity index (χ0n) is 22.0. The summed E-state index contributed by atoms with van der Waals surface area (Å²) in [4.78, 5) is 26.9. The summed E-state index contributed by atoms with van der Waals surface area (Å²) in [6.07, 6.45) is 5.58. The lowest BCUT2D eigenvalue weighted by atomic mass is 10.0. The van der Waals surface area contributed by atoms with E-state index in [2.05, 4.69) is 22.5 Å². The summed E-state index contributed by atoms with van der Waals surface area (Å²) in [5.74, 6) is -1.26. The molecule has 0 aliphatic heterocycles. The molecule has 38 heavy (non-hydrogen) atoms. The fourth-order valence-electron chi connectivity index (χ4n) is 4.19. The summed E-state index contributed by atoms with van der Waals surface area (Å²) in [5, 5.41) is 14.5. The number of thiazole rings is 1. The summed E-state index contributed by atoms with van der Waals surface area (Å²) >= 11 is 0.979. The van der Waals surface area contributed by atoms with E-state index in [0.29, 0.717) is 25.0 Å². The first-order valence-electron chi connectivity index (χ1n) is 12.8. The molecule has 0 radical (unpaired) electrons. The normalized spacial score (nSPS) is 12.2. The molecule has 0 aliphatic rings. The molecule has 8 nitrogen and oxygen atoms in total. The van der Waals surface area contributed by atoms with Gasteiger partial charge in [-0.15, -0.1) is 0 Å². The first-order valence-corrected chi connectivity index (χ1v) is 15.1. The second-order valence-corrected chi connectivity index (χ2v) is 12.6. The van der Waals surface area contributed by atoms with Gasteiger partial charge in [-0.25, -0.2) is 18.2 Å². The van der Waals surface area contributed by atoms with Crippen LogP contribution in [-0.4, -0.2) is 35.8 Å². The molecule has 1 heterocycles. The molecule has 0 bridgehead atoms. The zero-order valence-corrected chi connectivity index (χ0v) is 23.6. The van der Waals surface area contributed by atoms with Gasteiger partial charge in [-0.2, -0.15) is 0 Å². The predicted octanol–water partition coefficient (Wildman–Crippen LogP) is 6.08. The number of carboxylic acids is 1. The molecule has 1 aromatic heterocycles. The van der Waals surface area contributed by atoms with Gasteiger partial charge in [0.1, 0.15) is 9.58 Å². The van der Waals surface area contributed by atoms with E-state index in [9.17, 15) is 18.0 Å². The minimum Gasteiger partial charge on any atom is -0.478 e. The topological polar surface area (TPSA) is 125 Å². The van der Waals surface area contributed by atoms with Crippen molar-refractivity contribution >= 4 is 43.9 Å². The second-order valence-electron chi connectivity index (χ2n) is 9.26. The molecular weight excluding hydrogens is 522 g/mol. The lowest BCUT2D eigenvalue weighted by Gasteiger charge is -2.22. The van der Waals surface area contributed by atoms with Gasteiger partial charge in [-0.05, 0) is 55.5 Å². The Hall–Kier alpha value is -3.24. The van der Waals surface area contributed by atoms with Crippen LogP contribution in [0.3, 0.4) is 0 Å². The summed E-state index contributed by atoms with van der Waals surface area (Å²) in [5.41, 5.74) is 3.34. The van der Waals surface area contributed by atoms with Crippen LogP contribution in [-0.2, 0) is 27.5 Å². The molecule has 3 rings (SSSR count). The molecule has 10 heteroatoms. The van der Waals surface area contributed by atoms with Crippen molar-refractivity contribution in [3.63, 3.8) is 0 Å². The molecule has 0 spiro atoms. The van der Waals surface area contributed by atoms with Crippen LogP contribution >= 0.6 is 11.3 Å². The highest BCUT2D eigenvalue weighted by atomic mass is 32.2. The molecule has 0 saturated heterocycles. The van der Waals surface area contributed by atoms with Gasteiger partial charge in [0.2, 0.25) is 15.7 Å². The van der Waals surface area contributed by atoms with E-state index >= 15 is 0 Å². The van der Waals surface area contributed by atoms with Crippen molar-refractivity contribution in [2.24, 2.45) is 0 Å². The van der Waals surface area contributed by atoms with Gasteiger partial charge in [0.15, 0.2) is 5.13 Å². The van der Waals surface area contributed by atoms with Crippen molar-refractivity contribution in [1.82, 2.24) is 4.98 Å². The number of unbranched alkanes of at least 4 members (excludes halogenated alkanes) is 3. The third-order valence-electron chi connectivity index (χ3n) is 6.21. The maximum Gasteiger partial charge on any atom is 0.335 e. The van der Waals surface area contributed by atoms with Crippen LogP contribution < -0.4 is 10.6 Å². The molecule has 0 fully saturated rings. The van der Waals surface area contributed by atoms with E-state index < -0.39 is 21.2 Å². The van der Waals surface area contributed by atoms with E-state index in [0.717, 1.165) is 53.8 Å². The van der Waals surface area contributed by atoms with E-state index in [4.69, 9.17) is 5.11 Å². The number of aryl methyl sites for hydroxylation is 3. The quantitative estimate of drug-likeness (QED) is 0.205. The molecule has 3 N–H and O–H groups in total. The van der Waals surface area contributed by atoms with Crippen molar-refractivity contribution in [2.75, 3.05) is 10.6 Å². The summed E-state index contributed by atoms with van der Waals surface area (Å²) in [6.45, 7) is 5.12. The average molecular weight is 558 g/mol. The van der Waals surface area contributed by atoms with E-state index in [1.165, 1.54) is 6.92 Å². The highest BCUT2D eigenvalue weighted by Crippen LogP contribution is 2.33. The highest BCUT2D eigenvalue weighted by Gasteiger charge is 2.32. The van der Waals surface area contributed by atoms with Crippen LogP contribution in [0.15, 0.2) is 52.7 Å². The molecule has 2 aromatic carbocycles. The lowest BCUT2D eigenvalue weighted by molar-refractivity contribution is -0.114. The number of aromatic carboxylic acids is 1. The van der Waals surface area contributed by atoms with Gasteiger partial charge in [-0.3, -0.25) is 4.79 Å². The molecule has 204 valence electrons. The number of sulfone groups is 1. The van der Waals surface area contributed by atoms with Crippen LogP contribution in [0, 0.1) is 6.92 Å². The van der Waals surface area contributed by atoms with Crippen molar-refractivity contribution in [3.8, 4) is 0 Å². The molecule has 1 amide bonds. The lowest BCUT2D eigenvalue weighted by Crippen LogP contribution is -2.30. The number of carbonyl (C=O) groups excluding carboxylic acids is 1. The van der Waals surface area contributed by atoms with Crippen LogP contribution in [0.25, 0.3) is 0 Å². The Morgan fingerprint density at radius 2 is 1.74 bits per heavy atom. The zero-order chi connectivity index (χ0) is 27.7. The summed E-state index contributed by atoms with van der Waals surface area (Å²) < 4.78 is 27.8.